The number of alkyl halides is 4. The van der Waals surface area contributed by atoms with E-state index in [4.69, 9.17) is 0 Å². The molecule has 0 bridgehead atoms. The van der Waals surface area contributed by atoms with Crippen LogP contribution in [0, 0.1) is 0 Å². The van der Waals surface area contributed by atoms with Gasteiger partial charge in [-0.2, -0.15) is 13.2 Å². The molecular weight excluding hydrogens is 271 g/mol. The first-order valence-corrected chi connectivity index (χ1v) is 5.56. The lowest BCUT2D eigenvalue weighted by Gasteiger charge is -2.19. The molecule has 0 fully saturated rings. The molecule has 1 nitrogen and oxygen atoms in total. The Hall–Kier alpha value is -0.550. The fourth-order valence-electron chi connectivity index (χ4n) is 1.09. The van der Waals surface area contributed by atoms with Gasteiger partial charge in [0.05, 0.1) is 0 Å². The van der Waals surface area contributed by atoms with Crippen molar-refractivity contribution in [2.45, 2.75) is 18.8 Å². The predicted molar refractivity (Wildman–Crippen MR) is 56.9 cm³/mol. The minimum absolute atomic E-state index is 0.136. The third-order valence-electron chi connectivity index (χ3n) is 1.94. The van der Waals surface area contributed by atoms with Gasteiger partial charge in [-0.25, -0.2) is 0 Å². The molecule has 0 aromatic heterocycles. The molecule has 1 N–H and O–H groups in total. The van der Waals surface area contributed by atoms with Gasteiger partial charge in [0.2, 0.25) is 0 Å². The van der Waals surface area contributed by atoms with Gasteiger partial charge in [0, 0.05) is 11.9 Å². The largest absolute Gasteiger partial charge is 0.404 e. The van der Waals surface area contributed by atoms with E-state index < -0.39 is 12.2 Å². The van der Waals surface area contributed by atoms with Crippen LogP contribution in [0.4, 0.5) is 13.2 Å². The van der Waals surface area contributed by atoms with E-state index in [0.717, 1.165) is 5.56 Å². The predicted octanol–water partition coefficient (Wildman–Crippen LogP) is 3.10. The van der Waals surface area contributed by atoms with Crippen LogP contribution in [0.15, 0.2) is 30.3 Å². The molecule has 0 heterocycles. The standard InChI is InChI=1S/C10H11BrF3N/c11-6-9(10(12,13)14)15-7-8-4-2-1-3-5-8/h1-5,9,15H,6-7H2/t9-/m1/s1. The average molecular weight is 282 g/mol. The van der Waals surface area contributed by atoms with Crippen molar-refractivity contribution in [3.63, 3.8) is 0 Å². The van der Waals surface area contributed by atoms with Gasteiger partial charge in [0.1, 0.15) is 6.04 Å². The molecule has 15 heavy (non-hydrogen) atoms. The summed E-state index contributed by atoms with van der Waals surface area (Å²) in [6.45, 7) is 0.219. The minimum atomic E-state index is -4.21. The first-order chi connectivity index (χ1) is 7.04. The van der Waals surface area contributed by atoms with Crippen LogP contribution in [0.3, 0.4) is 0 Å². The van der Waals surface area contributed by atoms with E-state index in [1.165, 1.54) is 0 Å². The van der Waals surface area contributed by atoms with Crippen molar-refractivity contribution in [1.29, 1.82) is 0 Å². The van der Waals surface area contributed by atoms with Crippen LogP contribution < -0.4 is 5.32 Å². The Morgan fingerprint density at radius 1 is 1.20 bits per heavy atom. The van der Waals surface area contributed by atoms with Gasteiger partial charge in [-0.05, 0) is 5.56 Å². The van der Waals surface area contributed by atoms with Gasteiger partial charge >= 0.3 is 6.18 Å². The summed E-state index contributed by atoms with van der Waals surface area (Å²) in [5.41, 5.74) is 0.840. The molecule has 0 aliphatic carbocycles. The van der Waals surface area contributed by atoms with Crippen LogP contribution in [0.25, 0.3) is 0 Å². The Morgan fingerprint density at radius 3 is 2.27 bits per heavy atom. The van der Waals surface area contributed by atoms with Crippen LogP contribution >= 0.6 is 15.9 Å². The van der Waals surface area contributed by atoms with Crippen molar-refractivity contribution >= 4 is 15.9 Å². The van der Waals surface area contributed by atoms with Crippen molar-refractivity contribution < 1.29 is 13.2 Å². The second kappa shape index (κ2) is 5.51. The molecular formula is C10H11BrF3N. The lowest BCUT2D eigenvalue weighted by atomic mass is 10.2. The van der Waals surface area contributed by atoms with Crippen LogP contribution in [0.2, 0.25) is 0 Å². The number of benzene rings is 1. The number of rotatable bonds is 4. The number of hydrogen-bond acceptors (Lipinski definition) is 1. The summed E-state index contributed by atoms with van der Waals surface area (Å²) < 4.78 is 37.0. The summed E-state index contributed by atoms with van der Waals surface area (Å²) in [6, 6.07) is 7.50. The van der Waals surface area contributed by atoms with Gasteiger partial charge in [-0.1, -0.05) is 46.3 Å². The van der Waals surface area contributed by atoms with Crippen LogP contribution in [0.1, 0.15) is 5.56 Å². The van der Waals surface area contributed by atoms with E-state index >= 15 is 0 Å². The number of halogens is 4. The lowest BCUT2D eigenvalue weighted by Crippen LogP contribution is -2.43. The summed E-state index contributed by atoms with van der Waals surface area (Å²) in [4.78, 5) is 0. The molecule has 0 aliphatic rings. The maximum Gasteiger partial charge on any atom is 0.404 e. The molecule has 1 aromatic carbocycles. The molecule has 0 saturated heterocycles. The average Bonchev–Trinajstić information content (AvgIpc) is 2.18. The maximum atomic E-state index is 12.3. The fraction of sp³-hybridized carbons (Fsp3) is 0.400. The Bertz CT molecular complexity index is 286. The Balaban J connectivity index is 2.49. The van der Waals surface area contributed by atoms with E-state index in [0.29, 0.717) is 0 Å². The van der Waals surface area contributed by atoms with Crippen molar-refractivity contribution in [1.82, 2.24) is 5.32 Å². The maximum absolute atomic E-state index is 12.3. The molecule has 0 aliphatic heterocycles. The van der Waals surface area contributed by atoms with Crippen LogP contribution in [-0.4, -0.2) is 17.5 Å². The highest BCUT2D eigenvalue weighted by Gasteiger charge is 2.38. The van der Waals surface area contributed by atoms with Crippen molar-refractivity contribution in [2.24, 2.45) is 0 Å². The fourth-order valence-corrected chi connectivity index (χ4v) is 1.69. The summed E-state index contributed by atoms with van der Waals surface area (Å²) in [5, 5.41) is 2.32. The van der Waals surface area contributed by atoms with Gasteiger partial charge in [-0.15, -0.1) is 0 Å². The Kier molecular flexibility index (Phi) is 4.60. The molecule has 0 unspecified atom stereocenters. The summed E-state index contributed by atoms with van der Waals surface area (Å²) in [7, 11) is 0. The van der Waals surface area contributed by atoms with Crippen molar-refractivity contribution in [2.75, 3.05) is 5.33 Å². The monoisotopic (exact) mass is 281 g/mol. The molecule has 1 aromatic rings. The van der Waals surface area contributed by atoms with E-state index in [1.54, 1.807) is 24.3 Å². The highest BCUT2D eigenvalue weighted by Crippen LogP contribution is 2.21. The highest BCUT2D eigenvalue weighted by atomic mass is 79.9. The number of nitrogens with one attached hydrogen (secondary N) is 1. The zero-order valence-corrected chi connectivity index (χ0v) is 9.48. The Morgan fingerprint density at radius 2 is 1.80 bits per heavy atom. The van der Waals surface area contributed by atoms with E-state index in [-0.39, 0.29) is 11.9 Å². The second-order valence-corrected chi connectivity index (χ2v) is 3.76. The third-order valence-corrected chi connectivity index (χ3v) is 2.59. The Labute approximate surface area is 94.8 Å². The van der Waals surface area contributed by atoms with Crippen molar-refractivity contribution in [3.05, 3.63) is 35.9 Å². The van der Waals surface area contributed by atoms with Crippen LogP contribution in [-0.2, 0) is 6.54 Å². The molecule has 0 spiro atoms. The summed E-state index contributed by atoms with van der Waals surface area (Å²) in [5.74, 6) is 0. The van der Waals surface area contributed by atoms with E-state index in [1.807, 2.05) is 6.07 Å². The molecule has 1 rings (SSSR count). The molecule has 84 valence electrons. The zero-order valence-electron chi connectivity index (χ0n) is 7.89. The topological polar surface area (TPSA) is 12.0 Å². The minimum Gasteiger partial charge on any atom is -0.301 e. The summed E-state index contributed by atoms with van der Waals surface area (Å²) in [6.07, 6.45) is -4.21. The van der Waals surface area contributed by atoms with Gasteiger partial charge in [-0.3, -0.25) is 0 Å². The zero-order chi connectivity index (χ0) is 11.3. The van der Waals surface area contributed by atoms with E-state index in [2.05, 4.69) is 21.2 Å². The lowest BCUT2D eigenvalue weighted by molar-refractivity contribution is -0.150. The molecule has 0 radical (unpaired) electrons. The van der Waals surface area contributed by atoms with Gasteiger partial charge in [0.15, 0.2) is 0 Å². The second-order valence-electron chi connectivity index (χ2n) is 3.12. The first kappa shape index (κ1) is 12.5. The quantitative estimate of drug-likeness (QED) is 0.837. The third kappa shape index (κ3) is 4.22. The SMILES string of the molecule is FC(F)(F)[C@@H](CBr)NCc1ccccc1. The smallest absolute Gasteiger partial charge is 0.301 e. The first-order valence-electron chi connectivity index (χ1n) is 4.44. The molecule has 0 amide bonds. The van der Waals surface area contributed by atoms with E-state index in [9.17, 15) is 13.2 Å². The van der Waals surface area contributed by atoms with Crippen LogP contribution in [0.5, 0.6) is 0 Å². The number of hydrogen-bond donors (Lipinski definition) is 1. The van der Waals surface area contributed by atoms with Gasteiger partial charge in [0.25, 0.3) is 0 Å². The normalized spacial score (nSPS) is 13.9. The molecule has 0 saturated carbocycles. The highest BCUT2D eigenvalue weighted by molar-refractivity contribution is 9.09. The van der Waals surface area contributed by atoms with Crippen molar-refractivity contribution in [3.8, 4) is 0 Å². The summed E-state index contributed by atoms with van der Waals surface area (Å²) >= 11 is 2.84. The molecule has 5 heteroatoms. The van der Waals surface area contributed by atoms with Gasteiger partial charge < -0.3 is 5.32 Å². The molecule has 1 atom stereocenters.